The minimum absolute atomic E-state index is 0.0984. The van der Waals surface area contributed by atoms with E-state index in [1.807, 2.05) is 0 Å². The number of hydrogen-bond acceptors (Lipinski definition) is 4. The van der Waals surface area contributed by atoms with Crippen LogP contribution in [0.2, 0.25) is 0 Å². The normalized spacial score (nSPS) is 10.0. The Morgan fingerprint density at radius 1 is 1.59 bits per heavy atom. The molecule has 0 saturated carbocycles. The molecule has 1 aromatic carbocycles. The summed E-state index contributed by atoms with van der Waals surface area (Å²) in [6, 6.07) is 3.05. The number of rotatable bonds is 5. The molecule has 1 rings (SSSR count). The molecule has 17 heavy (non-hydrogen) atoms. The minimum Gasteiger partial charge on any atom is -0.480 e. The largest absolute Gasteiger partial charge is 0.480 e. The first-order valence-corrected chi connectivity index (χ1v) is 4.86. The van der Waals surface area contributed by atoms with Crippen molar-refractivity contribution in [1.29, 1.82) is 0 Å². The zero-order valence-electron chi connectivity index (χ0n) is 9.09. The maximum atomic E-state index is 12.9. The van der Waals surface area contributed by atoms with E-state index in [9.17, 15) is 19.3 Å². The molecule has 1 N–H and O–H groups in total. The number of anilines is 1. The van der Waals surface area contributed by atoms with Gasteiger partial charge in [-0.05, 0) is 19.1 Å². The zero-order chi connectivity index (χ0) is 13.0. The number of hydrogen-bond donors (Lipinski definition) is 1. The lowest BCUT2D eigenvalue weighted by molar-refractivity contribution is -0.384. The highest BCUT2D eigenvalue weighted by Gasteiger charge is 2.20. The summed E-state index contributed by atoms with van der Waals surface area (Å²) < 4.78 is 12.9. The van der Waals surface area contributed by atoms with Crippen LogP contribution in [0.25, 0.3) is 0 Å². The van der Waals surface area contributed by atoms with E-state index < -0.39 is 22.4 Å². The molecule has 0 aliphatic carbocycles. The molecule has 0 fully saturated rings. The maximum absolute atomic E-state index is 12.9. The van der Waals surface area contributed by atoms with Gasteiger partial charge in [0.1, 0.15) is 18.0 Å². The van der Waals surface area contributed by atoms with Crippen LogP contribution in [0.15, 0.2) is 18.2 Å². The molecule has 0 aromatic heterocycles. The minimum atomic E-state index is -1.11. The number of benzene rings is 1. The first-order valence-electron chi connectivity index (χ1n) is 4.86. The predicted octanol–water partition coefficient (Wildman–Crippen LogP) is 1.64. The summed E-state index contributed by atoms with van der Waals surface area (Å²) in [5.74, 6) is -1.84. The van der Waals surface area contributed by atoms with E-state index in [1.54, 1.807) is 6.92 Å². The van der Waals surface area contributed by atoms with E-state index in [1.165, 1.54) is 11.0 Å². The highest BCUT2D eigenvalue weighted by molar-refractivity contribution is 5.76. The fraction of sp³-hybridized carbons (Fsp3) is 0.300. The number of likely N-dealkylation sites (N-methyl/N-ethyl adjacent to an activating group) is 1. The second-order valence-electron chi connectivity index (χ2n) is 3.30. The third-order valence-corrected chi connectivity index (χ3v) is 2.18. The summed E-state index contributed by atoms with van der Waals surface area (Å²) in [5.41, 5.74) is -0.339. The number of carbonyl (C=O) groups is 1. The van der Waals surface area contributed by atoms with Crippen molar-refractivity contribution in [1.82, 2.24) is 0 Å². The van der Waals surface area contributed by atoms with Crippen LogP contribution in [0.3, 0.4) is 0 Å². The molecule has 6 nitrogen and oxygen atoms in total. The van der Waals surface area contributed by atoms with Gasteiger partial charge in [-0.15, -0.1) is 0 Å². The van der Waals surface area contributed by atoms with Gasteiger partial charge in [-0.3, -0.25) is 14.9 Å². The van der Waals surface area contributed by atoms with Crippen LogP contribution in [-0.4, -0.2) is 29.1 Å². The van der Waals surface area contributed by atoms with E-state index in [0.29, 0.717) is 0 Å². The number of carboxylic acids is 1. The lowest BCUT2D eigenvalue weighted by Gasteiger charge is -2.20. The van der Waals surface area contributed by atoms with Gasteiger partial charge in [-0.2, -0.15) is 0 Å². The van der Waals surface area contributed by atoms with Crippen LogP contribution in [-0.2, 0) is 4.79 Å². The standard InChI is InChI=1S/C10H11FN2O4/c1-2-12(6-10(14)15)8-4-3-7(11)5-9(8)13(16)17/h3-5H,2,6H2,1H3,(H,14,15). The fourth-order valence-corrected chi connectivity index (χ4v) is 1.44. The molecule has 1 aromatic rings. The third kappa shape index (κ3) is 3.13. The van der Waals surface area contributed by atoms with Gasteiger partial charge in [0.15, 0.2) is 0 Å². The summed E-state index contributed by atoms with van der Waals surface area (Å²) >= 11 is 0. The SMILES string of the molecule is CCN(CC(=O)O)c1ccc(F)cc1[N+](=O)[O-]. The predicted molar refractivity (Wildman–Crippen MR) is 58.6 cm³/mol. The van der Waals surface area contributed by atoms with Gasteiger partial charge in [-0.25, -0.2) is 4.39 Å². The van der Waals surface area contributed by atoms with Crippen molar-refractivity contribution in [3.63, 3.8) is 0 Å². The van der Waals surface area contributed by atoms with Crippen LogP contribution in [0.4, 0.5) is 15.8 Å². The summed E-state index contributed by atoms with van der Waals surface area (Å²) in [6.07, 6.45) is 0. The van der Waals surface area contributed by atoms with Gasteiger partial charge < -0.3 is 10.0 Å². The average molecular weight is 242 g/mol. The number of halogens is 1. The average Bonchev–Trinajstić information content (AvgIpc) is 2.25. The highest BCUT2D eigenvalue weighted by Crippen LogP contribution is 2.28. The van der Waals surface area contributed by atoms with Gasteiger partial charge in [0.05, 0.1) is 11.0 Å². The Hall–Kier alpha value is -2.18. The van der Waals surface area contributed by atoms with E-state index in [4.69, 9.17) is 5.11 Å². The van der Waals surface area contributed by atoms with Crippen LogP contribution < -0.4 is 4.90 Å². The molecule has 0 atom stereocenters. The number of aliphatic carboxylic acids is 1. The molecular formula is C10H11FN2O4. The summed E-state index contributed by atoms with van der Waals surface area (Å²) in [7, 11) is 0. The summed E-state index contributed by atoms with van der Waals surface area (Å²) in [5, 5.41) is 19.4. The molecule has 0 saturated heterocycles. The van der Waals surface area contributed by atoms with E-state index in [2.05, 4.69) is 0 Å². The Labute approximate surface area is 96.4 Å². The van der Waals surface area contributed by atoms with E-state index >= 15 is 0 Å². The highest BCUT2D eigenvalue weighted by atomic mass is 19.1. The first kappa shape index (κ1) is 12.9. The fourth-order valence-electron chi connectivity index (χ4n) is 1.44. The van der Waals surface area contributed by atoms with E-state index in [0.717, 1.165) is 12.1 Å². The van der Waals surface area contributed by atoms with Crippen LogP contribution in [0.1, 0.15) is 6.92 Å². The summed E-state index contributed by atoms with van der Waals surface area (Å²) in [4.78, 5) is 21.9. The van der Waals surface area contributed by atoms with Crippen molar-refractivity contribution in [2.24, 2.45) is 0 Å². The second-order valence-corrected chi connectivity index (χ2v) is 3.30. The van der Waals surface area contributed by atoms with Crippen LogP contribution in [0.5, 0.6) is 0 Å². The first-order chi connectivity index (χ1) is 7.95. The van der Waals surface area contributed by atoms with Crippen LogP contribution >= 0.6 is 0 Å². The molecule has 0 aliphatic rings. The molecule has 0 spiro atoms. The number of nitro benzene ring substituents is 1. The van der Waals surface area contributed by atoms with E-state index in [-0.39, 0.29) is 18.8 Å². The Balaban J connectivity index is 3.18. The number of nitrogens with zero attached hydrogens (tertiary/aromatic N) is 2. The molecule has 0 radical (unpaired) electrons. The maximum Gasteiger partial charge on any atom is 0.323 e. The van der Waals surface area contributed by atoms with Crippen molar-refractivity contribution in [3.05, 3.63) is 34.1 Å². The Kier molecular flexibility index (Phi) is 3.97. The Morgan fingerprint density at radius 2 is 2.24 bits per heavy atom. The van der Waals surface area contributed by atoms with Crippen LogP contribution in [0, 0.1) is 15.9 Å². The lowest BCUT2D eigenvalue weighted by Crippen LogP contribution is -2.29. The van der Waals surface area contributed by atoms with Crippen molar-refractivity contribution in [2.45, 2.75) is 6.92 Å². The van der Waals surface area contributed by atoms with Crippen molar-refractivity contribution >= 4 is 17.3 Å². The molecule has 7 heteroatoms. The van der Waals surface area contributed by atoms with Gasteiger partial charge in [0.25, 0.3) is 5.69 Å². The molecular weight excluding hydrogens is 231 g/mol. The smallest absolute Gasteiger partial charge is 0.323 e. The molecule has 0 amide bonds. The van der Waals surface area contributed by atoms with Crippen molar-refractivity contribution in [2.75, 3.05) is 18.0 Å². The van der Waals surface area contributed by atoms with Gasteiger partial charge in [0, 0.05) is 6.54 Å². The molecule has 0 unspecified atom stereocenters. The second kappa shape index (κ2) is 5.24. The Morgan fingerprint density at radius 3 is 2.71 bits per heavy atom. The molecule has 0 aliphatic heterocycles. The molecule has 0 bridgehead atoms. The third-order valence-electron chi connectivity index (χ3n) is 2.18. The van der Waals surface area contributed by atoms with Crippen molar-refractivity contribution < 1.29 is 19.2 Å². The van der Waals surface area contributed by atoms with Gasteiger partial charge >= 0.3 is 5.97 Å². The molecule has 92 valence electrons. The number of nitro groups is 1. The topological polar surface area (TPSA) is 83.7 Å². The van der Waals surface area contributed by atoms with Crippen molar-refractivity contribution in [3.8, 4) is 0 Å². The number of carboxylic acid groups (broad SMARTS) is 1. The lowest BCUT2D eigenvalue weighted by atomic mass is 10.2. The summed E-state index contributed by atoms with van der Waals surface area (Å²) in [6.45, 7) is 1.57. The quantitative estimate of drug-likeness (QED) is 0.626. The zero-order valence-corrected chi connectivity index (χ0v) is 9.09. The van der Waals surface area contributed by atoms with Gasteiger partial charge in [0.2, 0.25) is 0 Å². The van der Waals surface area contributed by atoms with Gasteiger partial charge in [-0.1, -0.05) is 0 Å². The monoisotopic (exact) mass is 242 g/mol. The molecule has 0 heterocycles. The Bertz CT molecular complexity index is 450.